The van der Waals surface area contributed by atoms with Gasteiger partial charge in [-0.25, -0.2) is 0 Å². The van der Waals surface area contributed by atoms with E-state index in [0.29, 0.717) is 6.42 Å². The molecule has 1 N–H and O–H groups in total. The summed E-state index contributed by atoms with van der Waals surface area (Å²) in [5.74, 6) is -2.78. The Morgan fingerprint density at radius 3 is 2.42 bits per heavy atom. The number of allylic oxidation sites excluding steroid dienone is 1. The molecule has 1 aromatic heterocycles. The van der Waals surface area contributed by atoms with Crippen molar-refractivity contribution in [2.24, 2.45) is 5.92 Å². The zero-order chi connectivity index (χ0) is 18.9. The van der Waals surface area contributed by atoms with Gasteiger partial charge in [0.05, 0.1) is 26.1 Å². The second-order valence-corrected chi connectivity index (χ2v) is 5.70. The lowest BCUT2D eigenvalue weighted by Crippen LogP contribution is -2.33. The lowest BCUT2D eigenvalue weighted by molar-refractivity contribution is -0.162. The zero-order valence-corrected chi connectivity index (χ0v) is 15.0. The molecule has 1 aromatic carbocycles. The van der Waals surface area contributed by atoms with Gasteiger partial charge in [-0.3, -0.25) is 9.59 Å². The minimum absolute atomic E-state index is 0.114. The Morgan fingerprint density at radius 2 is 1.81 bits per heavy atom. The van der Waals surface area contributed by atoms with Crippen LogP contribution in [0.4, 0.5) is 0 Å². The van der Waals surface area contributed by atoms with Crippen molar-refractivity contribution in [1.29, 1.82) is 0 Å². The molecule has 0 aliphatic heterocycles. The van der Waals surface area contributed by atoms with E-state index in [1.807, 2.05) is 18.2 Å². The van der Waals surface area contributed by atoms with Crippen molar-refractivity contribution in [3.05, 3.63) is 48.2 Å². The molecule has 2 aromatic rings. The first-order chi connectivity index (χ1) is 12.6. The van der Waals surface area contributed by atoms with Crippen molar-refractivity contribution >= 4 is 22.9 Å². The summed E-state index contributed by atoms with van der Waals surface area (Å²) in [4.78, 5) is 25.0. The summed E-state index contributed by atoms with van der Waals surface area (Å²) < 4.78 is 15.6. The first-order valence-electron chi connectivity index (χ1n) is 8.68. The zero-order valence-electron chi connectivity index (χ0n) is 15.0. The van der Waals surface area contributed by atoms with Gasteiger partial charge < -0.3 is 19.0 Å². The van der Waals surface area contributed by atoms with Gasteiger partial charge in [0, 0.05) is 11.3 Å². The number of aliphatic hydroxyl groups is 1. The van der Waals surface area contributed by atoms with E-state index in [9.17, 15) is 9.59 Å². The highest BCUT2D eigenvalue weighted by Crippen LogP contribution is 2.33. The van der Waals surface area contributed by atoms with Gasteiger partial charge in [0.15, 0.2) is 5.92 Å². The maximum atomic E-state index is 12.5. The van der Waals surface area contributed by atoms with E-state index in [-0.39, 0.29) is 19.8 Å². The minimum atomic E-state index is -1.08. The monoisotopic (exact) mass is 360 g/mol. The molecule has 140 valence electrons. The second-order valence-electron chi connectivity index (χ2n) is 5.70. The van der Waals surface area contributed by atoms with E-state index in [1.165, 1.54) is 0 Å². The number of carbonyl (C=O) groups is 2. The average molecular weight is 360 g/mol. The van der Waals surface area contributed by atoms with Crippen LogP contribution in [0.5, 0.6) is 0 Å². The van der Waals surface area contributed by atoms with Crippen LogP contribution in [0.25, 0.3) is 11.0 Å². The molecule has 0 fully saturated rings. The second kappa shape index (κ2) is 9.77. The molecular formula is C20H24O6. The molecule has 1 heterocycles. The van der Waals surface area contributed by atoms with Gasteiger partial charge >= 0.3 is 11.9 Å². The fourth-order valence-electron chi connectivity index (χ4n) is 2.89. The van der Waals surface area contributed by atoms with Crippen LogP contribution in [0.2, 0.25) is 0 Å². The number of carbonyl (C=O) groups excluding carboxylic acids is 2. The summed E-state index contributed by atoms with van der Waals surface area (Å²) in [5, 5.41) is 9.89. The summed E-state index contributed by atoms with van der Waals surface area (Å²) in [6, 6.07) is 7.35. The standard InChI is InChI=1S/C20H24O6/c1-3-24-19(22)18(20(23)25-4-2)16(7-5-6-11-21)14-8-9-17-15(13-14)10-12-26-17/h5-6,8-10,12-13,16,18,21H,3-4,7,11H2,1-2H3/b6-5+/t16-/m1/s1. The third-order valence-electron chi connectivity index (χ3n) is 4.05. The maximum Gasteiger partial charge on any atom is 0.320 e. The van der Waals surface area contributed by atoms with E-state index in [0.717, 1.165) is 16.5 Å². The average Bonchev–Trinajstić information content (AvgIpc) is 3.09. The van der Waals surface area contributed by atoms with E-state index in [1.54, 1.807) is 38.3 Å². The van der Waals surface area contributed by atoms with Crippen LogP contribution in [0.3, 0.4) is 0 Å². The van der Waals surface area contributed by atoms with Crippen LogP contribution in [-0.2, 0) is 19.1 Å². The minimum Gasteiger partial charge on any atom is -0.465 e. The SMILES string of the molecule is CCOC(=O)C(C(=O)OCC)[C@H](C/C=C/CO)c1ccc2occc2c1. The molecule has 0 unspecified atom stereocenters. The molecule has 0 aliphatic rings. The van der Waals surface area contributed by atoms with Crippen LogP contribution in [0, 0.1) is 5.92 Å². The Kier molecular flexibility index (Phi) is 7.41. The molecule has 26 heavy (non-hydrogen) atoms. The Labute approximate surface area is 152 Å². The van der Waals surface area contributed by atoms with E-state index in [4.69, 9.17) is 19.0 Å². The van der Waals surface area contributed by atoms with E-state index in [2.05, 4.69) is 0 Å². The highest BCUT2D eigenvalue weighted by Gasteiger charge is 2.38. The molecule has 0 aliphatic carbocycles. The predicted octanol–water partition coefficient (Wildman–Crippen LogP) is 3.20. The number of hydrogen-bond donors (Lipinski definition) is 1. The Hall–Kier alpha value is -2.60. The van der Waals surface area contributed by atoms with Crippen LogP contribution < -0.4 is 0 Å². The molecule has 0 saturated heterocycles. The molecule has 6 heteroatoms. The van der Waals surface area contributed by atoms with Gasteiger partial charge in [-0.15, -0.1) is 0 Å². The van der Waals surface area contributed by atoms with Crippen molar-refractivity contribution < 1.29 is 28.6 Å². The molecule has 0 spiro atoms. The highest BCUT2D eigenvalue weighted by atomic mass is 16.6. The fraction of sp³-hybridized carbons (Fsp3) is 0.400. The number of ether oxygens (including phenoxy) is 2. The van der Waals surface area contributed by atoms with Crippen LogP contribution in [0.15, 0.2) is 47.1 Å². The molecule has 0 saturated carbocycles. The van der Waals surface area contributed by atoms with Gasteiger partial charge in [0.25, 0.3) is 0 Å². The topological polar surface area (TPSA) is 86.0 Å². The van der Waals surface area contributed by atoms with Crippen molar-refractivity contribution in [2.45, 2.75) is 26.2 Å². The molecule has 0 bridgehead atoms. The molecule has 1 atom stereocenters. The molecule has 2 rings (SSSR count). The smallest absolute Gasteiger partial charge is 0.320 e. The largest absolute Gasteiger partial charge is 0.465 e. The first kappa shape index (κ1) is 19.7. The van der Waals surface area contributed by atoms with Crippen molar-refractivity contribution in [2.75, 3.05) is 19.8 Å². The van der Waals surface area contributed by atoms with Gasteiger partial charge in [0.2, 0.25) is 0 Å². The predicted molar refractivity (Wildman–Crippen MR) is 96.6 cm³/mol. The molecular weight excluding hydrogens is 336 g/mol. The number of esters is 2. The number of furan rings is 1. The van der Waals surface area contributed by atoms with E-state index < -0.39 is 23.8 Å². The quantitative estimate of drug-likeness (QED) is 0.420. The molecule has 6 nitrogen and oxygen atoms in total. The van der Waals surface area contributed by atoms with E-state index >= 15 is 0 Å². The third kappa shape index (κ3) is 4.73. The summed E-state index contributed by atoms with van der Waals surface area (Å²) in [7, 11) is 0. The fourth-order valence-corrected chi connectivity index (χ4v) is 2.89. The van der Waals surface area contributed by atoms with Gasteiger partial charge in [0.1, 0.15) is 5.58 Å². The number of hydrogen-bond acceptors (Lipinski definition) is 6. The molecule has 0 radical (unpaired) electrons. The van der Waals surface area contributed by atoms with Crippen LogP contribution in [0.1, 0.15) is 31.7 Å². The summed E-state index contributed by atoms with van der Waals surface area (Å²) in [5.41, 5.74) is 1.52. The summed E-state index contributed by atoms with van der Waals surface area (Å²) >= 11 is 0. The van der Waals surface area contributed by atoms with Crippen molar-refractivity contribution in [1.82, 2.24) is 0 Å². The summed E-state index contributed by atoms with van der Waals surface area (Å²) in [6.07, 6.45) is 5.29. The lowest BCUT2D eigenvalue weighted by atomic mass is 9.83. The van der Waals surface area contributed by atoms with Gasteiger partial charge in [-0.1, -0.05) is 18.2 Å². The number of benzene rings is 1. The van der Waals surface area contributed by atoms with Crippen LogP contribution >= 0.6 is 0 Å². The lowest BCUT2D eigenvalue weighted by Gasteiger charge is -2.24. The Morgan fingerprint density at radius 1 is 1.12 bits per heavy atom. The van der Waals surface area contributed by atoms with Gasteiger partial charge in [-0.2, -0.15) is 0 Å². The molecule has 0 amide bonds. The van der Waals surface area contributed by atoms with Crippen LogP contribution in [-0.4, -0.2) is 36.9 Å². The normalized spacial score (nSPS) is 12.6. The van der Waals surface area contributed by atoms with Crippen molar-refractivity contribution in [3.63, 3.8) is 0 Å². The number of fused-ring (bicyclic) bond motifs is 1. The number of rotatable bonds is 9. The Bertz CT molecular complexity index is 743. The summed E-state index contributed by atoms with van der Waals surface area (Å²) in [6.45, 7) is 3.62. The highest BCUT2D eigenvalue weighted by molar-refractivity contribution is 5.96. The first-order valence-corrected chi connectivity index (χ1v) is 8.68. The third-order valence-corrected chi connectivity index (χ3v) is 4.05. The Balaban J connectivity index is 2.44. The maximum absolute atomic E-state index is 12.5. The van der Waals surface area contributed by atoms with Gasteiger partial charge in [-0.05, 0) is 44.0 Å². The number of aliphatic hydroxyl groups excluding tert-OH is 1. The van der Waals surface area contributed by atoms with Crippen molar-refractivity contribution in [3.8, 4) is 0 Å².